The van der Waals surface area contributed by atoms with Gasteiger partial charge < -0.3 is 10.0 Å². The number of aromatic nitrogens is 6. The van der Waals surface area contributed by atoms with Crippen LogP contribution in [-0.4, -0.2) is 52.3 Å². The molecule has 0 saturated carbocycles. The molecule has 1 aliphatic rings. The lowest BCUT2D eigenvalue weighted by atomic mass is 10.1. The first kappa shape index (κ1) is 22.6. The first-order valence-corrected chi connectivity index (χ1v) is 11.7. The molecule has 37 heavy (non-hydrogen) atoms. The van der Waals surface area contributed by atoms with Crippen LogP contribution in [0.3, 0.4) is 0 Å². The van der Waals surface area contributed by atoms with Crippen molar-refractivity contribution in [2.75, 3.05) is 7.05 Å². The lowest BCUT2D eigenvalue weighted by molar-refractivity contribution is 0.0812. The molecule has 6 rings (SSSR count). The molecule has 0 fully saturated rings. The summed E-state index contributed by atoms with van der Waals surface area (Å²) < 4.78 is 3.42. The molecule has 1 amide bonds. The third kappa shape index (κ3) is 3.64. The summed E-state index contributed by atoms with van der Waals surface area (Å²) in [5, 5.41) is 23.9. The van der Waals surface area contributed by atoms with Gasteiger partial charge in [-0.15, -0.1) is 0 Å². The molecule has 0 aliphatic carbocycles. The Balaban J connectivity index is 1.42. The van der Waals surface area contributed by atoms with Gasteiger partial charge in [-0.3, -0.25) is 9.36 Å². The van der Waals surface area contributed by atoms with Crippen LogP contribution in [0.1, 0.15) is 46.0 Å². The Kier molecular flexibility index (Phi) is 5.10. The number of benzene rings is 1. The van der Waals surface area contributed by atoms with Crippen LogP contribution in [0.25, 0.3) is 33.9 Å². The van der Waals surface area contributed by atoms with Crippen LogP contribution in [0.2, 0.25) is 0 Å². The summed E-state index contributed by atoms with van der Waals surface area (Å²) in [5.41, 5.74) is 6.17. The average Bonchev–Trinajstić information content (AvgIpc) is 3.58. The van der Waals surface area contributed by atoms with Crippen molar-refractivity contribution in [3.05, 3.63) is 83.1 Å². The summed E-state index contributed by atoms with van der Waals surface area (Å²) in [6.45, 7) is 4.07. The second kappa shape index (κ2) is 8.36. The van der Waals surface area contributed by atoms with Gasteiger partial charge in [0.25, 0.3) is 5.91 Å². The highest BCUT2D eigenvalue weighted by Crippen LogP contribution is 2.29. The standard InChI is InChI=1S/C27H22N8O2/c1-15-10-19(12-28)32-35(15)26-20(16(2)36)6-9-24(31-26)34-14-29-22-11-17(5-8-23(22)34)21-7-4-18-13-33(3)27(37)25(18)30-21/h4-11,14,16,36H,13H2,1-3H3. The predicted octanol–water partition coefficient (Wildman–Crippen LogP) is 3.49. The molecular weight excluding hydrogens is 468 g/mol. The maximum absolute atomic E-state index is 12.4. The number of aliphatic hydroxyl groups excluding tert-OH is 1. The van der Waals surface area contributed by atoms with Gasteiger partial charge >= 0.3 is 0 Å². The van der Waals surface area contributed by atoms with Gasteiger partial charge in [-0.2, -0.15) is 10.4 Å². The van der Waals surface area contributed by atoms with E-state index >= 15 is 0 Å². The molecule has 4 aromatic heterocycles. The molecule has 1 N–H and O–H groups in total. The van der Waals surface area contributed by atoms with Crippen molar-refractivity contribution in [2.45, 2.75) is 26.5 Å². The molecule has 1 aromatic carbocycles. The third-order valence-corrected chi connectivity index (χ3v) is 6.57. The molecular formula is C27H22N8O2. The van der Waals surface area contributed by atoms with Crippen LogP contribution >= 0.6 is 0 Å². The van der Waals surface area contributed by atoms with E-state index in [0.717, 1.165) is 27.9 Å². The first-order valence-electron chi connectivity index (χ1n) is 11.7. The number of aliphatic hydroxyl groups is 1. The summed E-state index contributed by atoms with van der Waals surface area (Å²) in [4.78, 5) is 28.0. The molecule has 5 heterocycles. The molecule has 1 aliphatic heterocycles. The second-order valence-corrected chi connectivity index (χ2v) is 9.14. The molecule has 1 atom stereocenters. The number of hydrogen-bond acceptors (Lipinski definition) is 7. The van der Waals surface area contributed by atoms with Gasteiger partial charge in [0.15, 0.2) is 11.5 Å². The number of imidazole rings is 1. The molecule has 10 nitrogen and oxygen atoms in total. The van der Waals surface area contributed by atoms with Gasteiger partial charge in [0, 0.05) is 36.0 Å². The molecule has 0 bridgehead atoms. The van der Waals surface area contributed by atoms with Crippen molar-refractivity contribution >= 4 is 16.9 Å². The van der Waals surface area contributed by atoms with E-state index in [9.17, 15) is 15.2 Å². The summed E-state index contributed by atoms with van der Waals surface area (Å²) in [5.74, 6) is 0.966. The van der Waals surface area contributed by atoms with Gasteiger partial charge in [-0.1, -0.05) is 12.1 Å². The third-order valence-electron chi connectivity index (χ3n) is 6.57. The number of fused-ring (bicyclic) bond motifs is 2. The van der Waals surface area contributed by atoms with Crippen LogP contribution in [0.4, 0.5) is 0 Å². The SMILES string of the molecule is Cc1cc(C#N)nn1-c1nc(-n2cnc3cc(-c4ccc5c(n4)C(=O)N(C)C5)ccc32)ccc1C(C)O. The Bertz CT molecular complexity index is 1760. The van der Waals surface area contributed by atoms with Crippen molar-refractivity contribution < 1.29 is 9.90 Å². The highest BCUT2D eigenvalue weighted by Gasteiger charge is 2.26. The van der Waals surface area contributed by atoms with E-state index in [2.05, 4.69) is 15.1 Å². The minimum Gasteiger partial charge on any atom is -0.389 e. The molecule has 0 saturated heterocycles. The first-order chi connectivity index (χ1) is 17.8. The summed E-state index contributed by atoms with van der Waals surface area (Å²) in [6, 6.07) is 17.0. The van der Waals surface area contributed by atoms with Crippen LogP contribution < -0.4 is 0 Å². The Hall–Kier alpha value is -4.88. The van der Waals surface area contributed by atoms with Gasteiger partial charge in [-0.05, 0) is 50.2 Å². The molecule has 1 unspecified atom stereocenters. The number of aryl methyl sites for hydroxylation is 1. The highest BCUT2D eigenvalue weighted by molar-refractivity contribution is 5.97. The van der Waals surface area contributed by atoms with E-state index in [-0.39, 0.29) is 11.6 Å². The van der Waals surface area contributed by atoms with E-state index in [0.29, 0.717) is 35.1 Å². The second-order valence-electron chi connectivity index (χ2n) is 9.14. The number of carbonyl (C=O) groups excluding carboxylic acids is 1. The Labute approximate surface area is 212 Å². The van der Waals surface area contributed by atoms with E-state index in [1.807, 2.05) is 54.0 Å². The topological polar surface area (TPSA) is 126 Å². The van der Waals surface area contributed by atoms with Gasteiger partial charge in [0.2, 0.25) is 0 Å². The Morgan fingerprint density at radius 1 is 1.11 bits per heavy atom. The van der Waals surface area contributed by atoms with Crippen molar-refractivity contribution in [1.82, 2.24) is 34.2 Å². The number of rotatable bonds is 4. The maximum atomic E-state index is 12.4. The average molecular weight is 491 g/mol. The molecule has 0 spiro atoms. The zero-order valence-electron chi connectivity index (χ0n) is 20.4. The minimum absolute atomic E-state index is 0.0703. The molecule has 182 valence electrons. The number of nitriles is 1. The summed E-state index contributed by atoms with van der Waals surface area (Å²) >= 11 is 0. The quantitative estimate of drug-likeness (QED) is 0.409. The molecule has 0 radical (unpaired) electrons. The zero-order valence-corrected chi connectivity index (χ0v) is 20.4. The largest absolute Gasteiger partial charge is 0.389 e. The summed E-state index contributed by atoms with van der Waals surface area (Å²) in [6.07, 6.45) is 0.910. The van der Waals surface area contributed by atoms with E-state index in [4.69, 9.17) is 4.98 Å². The smallest absolute Gasteiger partial charge is 0.272 e. The minimum atomic E-state index is -0.778. The Morgan fingerprint density at radius 2 is 1.95 bits per heavy atom. The number of amides is 1. The Morgan fingerprint density at radius 3 is 2.70 bits per heavy atom. The highest BCUT2D eigenvalue weighted by atomic mass is 16.3. The maximum Gasteiger partial charge on any atom is 0.272 e. The number of pyridine rings is 2. The van der Waals surface area contributed by atoms with E-state index in [1.54, 1.807) is 42.0 Å². The van der Waals surface area contributed by atoms with Crippen LogP contribution in [0.5, 0.6) is 0 Å². The molecule has 10 heteroatoms. The monoisotopic (exact) mass is 490 g/mol. The normalized spacial score (nSPS) is 13.7. The van der Waals surface area contributed by atoms with E-state index in [1.165, 1.54) is 0 Å². The van der Waals surface area contributed by atoms with Gasteiger partial charge in [0.05, 0.1) is 22.8 Å². The zero-order chi connectivity index (χ0) is 25.8. The van der Waals surface area contributed by atoms with Crippen molar-refractivity contribution in [1.29, 1.82) is 5.26 Å². The van der Waals surface area contributed by atoms with Crippen molar-refractivity contribution in [3.63, 3.8) is 0 Å². The number of nitrogens with zero attached hydrogens (tertiary/aromatic N) is 8. The van der Waals surface area contributed by atoms with Gasteiger partial charge in [-0.25, -0.2) is 19.6 Å². The van der Waals surface area contributed by atoms with Crippen molar-refractivity contribution in [2.24, 2.45) is 0 Å². The fourth-order valence-corrected chi connectivity index (χ4v) is 4.65. The molecule has 5 aromatic rings. The van der Waals surface area contributed by atoms with E-state index < -0.39 is 6.10 Å². The van der Waals surface area contributed by atoms with Crippen LogP contribution in [0, 0.1) is 18.3 Å². The fourth-order valence-electron chi connectivity index (χ4n) is 4.65. The van der Waals surface area contributed by atoms with Crippen LogP contribution in [0.15, 0.2) is 54.9 Å². The predicted molar refractivity (Wildman–Crippen MR) is 135 cm³/mol. The lowest BCUT2D eigenvalue weighted by Gasteiger charge is -2.14. The lowest BCUT2D eigenvalue weighted by Crippen LogP contribution is -2.18. The van der Waals surface area contributed by atoms with Crippen LogP contribution in [-0.2, 0) is 6.54 Å². The summed E-state index contributed by atoms with van der Waals surface area (Å²) in [7, 11) is 1.77. The van der Waals surface area contributed by atoms with Crippen molar-refractivity contribution in [3.8, 4) is 29.0 Å². The van der Waals surface area contributed by atoms with Gasteiger partial charge in [0.1, 0.15) is 23.9 Å². The number of carbonyl (C=O) groups is 1. The fraction of sp³-hybridized carbons (Fsp3) is 0.185. The number of hydrogen-bond donors (Lipinski definition) is 1.